The second-order valence-corrected chi connectivity index (χ2v) is 9.08. The maximum absolute atomic E-state index is 11.2. The van der Waals surface area contributed by atoms with Crippen LogP contribution in [0.15, 0.2) is 60.7 Å². The summed E-state index contributed by atoms with van der Waals surface area (Å²) < 4.78 is 0. The van der Waals surface area contributed by atoms with Gasteiger partial charge in [-0.1, -0.05) is 74.2 Å². The minimum absolute atomic E-state index is 0.594. The first-order chi connectivity index (χ1) is 15.5. The van der Waals surface area contributed by atoms with Gasteiger partial charge in [-0.15, -0.1) is 0 Å². The van der Waals surface area contributed by atoms with Crippen molar-refractivity contribution in [3.05, 3.63) is 76.3 Å². The molecule has 0 aliphatic heterocycles. The van der Waals surface area contributed by atoms with E-state index in [0.29, 0.717) is 16.6 Å². The summed E-state index contributed by atoms with van der Waals surface area (Å²) in [6.07, 6.45) is 3.98. The van der Waals surface area contributed by atoms with Crippen LogP contribution in [-0.4, -0.2) is 34.6 Å². The SMILES string of the molecule is CCCCN(CCCC)C[C@H](O)c1cc(-c2ccc(Cl)cc2)nc(-c2ccc(Cl)cc2)c1. The van der Waals surface area contributed by atoms with Crippen molar-refractivity contribution in [1.82, 2.24) is 9.88 Å². The van der Waals surface area contributed by atoms with Crippen molar-refractivity contribution in [3.8, 4) is 22.5 Å². The van der Waals surface area contributed by atoms with Crippen molar-refractivity contribution in [2.75, 3.05) is 19.6 Å². The number of pyridine rings is 1. The predicted octanol–water partition coefficient (Wildman–Crippen LogP) is 7.66. The molecule has 1 aromatic heterocycles. The van der Waals surface area contributed by atoms with Crippen LogP contribution >= 0.6 is 23.2 Å². The molecular formula is C27H32Cl2N2O. The molecule has 3 rings (SSSR count). The van der Waals surface area contributed by atoms with Gasteiger partial charge in [-0.25, -0.2) is 4.98 Å². The van der Waals surface area contributed by atoms with E-state index in [2.05, 4.69) is 18.7 Å². The van der Waals surface area contributed by atoms with Gasteiger partial charge < -0.3 is 10.0 Å². The van der Waals surface area contributed by atoms with Gasteiger partial charge in [0.1, 0.15) is 0 Å². The summed E-state index contributed by atoms with van der Waals surface area (Å²) >= 11 is 12.2. The summed E-state index contributed by atoms with van der Waals surface area (Å²) in [5.41, 5.74) is 4.43. The first-order valence-corrected chi connectivity index (χ1v) is 12.2. The number of halogens is 2. The van der Waals surface area contributed by atoms with Gasteiger partial charge in [0.15, 0.2) is 0 Å². The van der Waals surface area contributed by atoms with Crippen LogP contribution < -0.4 is 0 Å². The lowest BCUT2D eigenvalue weighted by Gasteiger charge is -2.25. The third kappa shape index (κ3) is 7.05. The van der Waals surface area contributed by atoms with Gasteiger partial charge in [0, 0.05) is 27.7 Å². The third-order valence-corrected chi connectivity index (χ3v) is 6.10. The fourth-order valence-corrected chi connectivity index (χ4v) is 3.94. The largest absolute Gasteiger partial charge is 0.387 e. The molecule has 0 spiro atoms. The fourth-order valence-electron chi connectivity index (χ4n) is 3.69. The van der Waals surface area contributed by atoms with Crippen molar-refractivity contribution in [3.63, 3.8) is 0 Å². The average molecular weight is 471 g/mol. The molecule has 32 heavy (non-hydrogen) atoms. The number of aliphatic hydroxyl groups excluding tert-OH is 1. The summed E-state index contributed by atoms with van der Waals surface area (Å²) in [7, 11) is 0. The van der Waals surface area contributed by atoms with Gasteiger partial charge in [-0.2, -0.15) is 0 Å². The molecular weight excluding hydrogens is 439 g/mol. The summed E-state index contributed by atoms with van der Waals surface area (Å²) in [6, 6.07) is 19.3. The Morgan fingerprint density at radius 2 is 1.22 bits per heavy atom. The van der Waals surface area contributed by atoms with Crippen molar-refractivity contribution >= 4 is 23.2 Å². The van der Waals surface area contributed by atoms with E-state index in [0.717, 1.165) is 66.9 Å². The molecule has 1 heterocycles. The lowest BCUT2D eigenvalue weighted by atomic mass is 10.0. The molecule has 0 aliphatic rings. The van der Waals surface area contributed by atoms with E-state index in [4.69, 9.17) is 28.2 Å². The van der Waals surface area contributed by atoms with E-state index in [1.165, 1.54) is 0 Å². The minimum atomic E-state index is -0.594. The molecule has 1 atom stereocenters. The third-order valence-electron chi connectivity index (χ3n) is 5.60. The molecule has 0 unspecified atom stereocenters. The molecule has 2 aromatic carbocycles. The Kier molecular flexibility index (Phi) is 9.55. The molecule has 0 bridgehead atoms. The van der Waals surface area contributed by atoms with E-state index in [1.807, 2.05) is 60.7 Å². The van der Waals surface area contributed by atoms with E-state index < -0.39 is 6.10 Å². The lowest BCUT2D eigenvalue weighted by Crippen LogP contribution is -2.30. The Balaban J connectivity index is 1.95. The minimum Gasteiger partial charge on any atom is -0.387 e. The first kappa shape index (κ1) is 24.7. The maximum Gasteiger partial charge on any atom is 0.0918 e. The molecule has 0 fully saturated rings. The molecule has 1 N–H and O–H groups in total. The molecule has 0 saturated heterocycles. The van der Waals surface area contributed by atoms with Crippen LogP contribution in [0.5, 0.6) is 0 Å². The zero-order chi connectivity index (χ0) is 22.9. The van der Waals surface area contributed by atoms with Crippen LogP contribution in [0.2, 0.25) is 10.0 Å². The van der Waals surface area contributed by atoms with E-state index in [9.17, 15) is 5.11 Å². The summed E-state index contributed by atoms with van der Waals surface area (Å²) in [4.78, 5) is 7.26. The lowest BCUT2D eigenvalue weighted by molar-refractivity contribution is 0.111. The Morgan fingerprint density at radius 1 is 0.781 bits per heavy atom. The van der Waals surface area contributed by atoms with Crippen LogP contribution in [0, 0.1) is 0 Å². The second-order valence-electron chi connectivity index (χ2n) is 8.21. The zero-order valence-corrected chi connectivity index (χ0v) is 20.4. The normalized spacial score (nSPS) is 12.3. The average Bonchev–Trinajstić information content (AvgIpc) is 2.81. The van der Waals surface area contributed by atoms with Crippen molar-refractivity contribution < 1.29 is 5.11 Å². The van der Waals surface area contributed by atoms with Gasteiger partial charge in [0.05, 0.1) is 17.5 Å². The molecule has 3 nitrogen and oxygen atoms in total. The highest BCUT2D eigenvalue weighted by Crippen LogP contribution is 2.29. The second kappa shape index (κ2) is 12.4. The Hall–Kier alpha value is -1.91. The molecule has 0 radical (unpaired) electrons. The van der Waals surface area contributed by atoms with Gasteiger partial charge in [0.25, 0.3) is 0 Å². The van der Waals surface area contributed by atoms with Gasteiger partial charge in [-0.05, 0) is 67.9 Å². The molecule has 5 heteroatoms. The molecule has 0 saturated carbocycles. The number of nitrogens with zero attached hydrogens (tertiary/aromatic N) is 2. The van der Waals surface area contributed by atoms with Crippen LogP contribution in [0.4, 0.5) is 0 Å². The first-order valence-electron chi connectivity index (χ1n) is 11.4. The van der Waals surface area contributed by atoms with E-state index in [1.54, 1.807) is 0 Å². The molecule has 0 amide bonds. The number of hydrogen-bond acceptors (Lipinski definition) is 3. The molecule has 3 aromatic rings. The number of aliphatic hydroxyl groups is 1. The maximum atomic E-state index is 11.2. The molecule has 170 valence electrons. The number of aromatic nitrogens is 1. The Labute approximate surface area is 202 Å². The highest BCUT2D eigenvalue weighted by molar-refractivity contribution is 6.30. The van der Waals surface area contributed by atoms with Crippen molar-refractivity contribution in [2.24, 2.45) is 0 Å². The quantitative estimate of drug-likeness (QED) is 0.312. The summed E-state index contributed by atoms with van der Waals surface area (Å²) in [5, 5.41) is 12.6. The van der Waals surface area contributed by atoms with Crippen molar-refractivity contribution in [1.29, 1.82) is 0 Å². The Morgan fingerprint density at radius 3 is 1.62 bits per heavy atom. The predicted molar refractivity (Wildman–Crippen MR) is 136 cm³/mol. The standard InChI is InChI=1S/C27H32Cl2N2O/c1-3-5-15-31(16-6-4-2)19-27(32)22-17-25(20-7-11-23(28)12-8-20)30-26(18-22)21-9-13-24(29)14-10-21/h7-14,17-18,27,32H,3-6,15-16,19H2,1-2H3/t27-/m0/s1. The van der Waals surface area contributed by atoms with Gasteiger partial charge in [-0.3, -0.25) is 0 Å². The summed E-state index contributed by atoms with van der Waals surface area (Å²) in [5.74, 6) is 0. The van der Waals surface area contributed by atoms with E-state index in [-0.39, 0.29) is 0 Å². The number of benzene rings is 2. The zero-order valence-electron chi connectivity index (χ0n) is 18.9. The summed E-state index contributed by atoms with van der Waals surface area (Å²) in [6.45, 7) is 7.03. The van der Waals surface area contributed by atoms with Crippen LogP contribution in [-0.2, 0) is 0 Å². The highest BCUT2D eigenvalue weighted by Gasteiger charge is 2.17. The van der Waals surface area contributed by atoms with Crippen LogP contribution in [0.1, 0.15) is 51.2 Å². The monoisotopic (exact) mass is 470 g/mol. The number of unbranched alkanes of at least 4 members (excludes halogenated alkanes) is 2. The van der Waals surface area contributed by atoms with Gasteiger partial charge >= 0.3 is 0 Å². The van der Waals surface area contributed by atoms with Crippen LogP contribution in [0.25, 0.3) is 22.5 Å². The topological polar surface area (TPSA) is 36.4 Å². The molecule has 0 aliphatic carbocycles. The number of hydrogen-bond donors (Lipinski definition) is 1. The smallest absolute Gasteiger partial charge is 0.0918 e. The van der Waals surface area contributed by atoms with Crippen LogP contribution in [0.3, 0.4) is 0 Å². The number of rotatable bonds is 11. The van der Waals surface area contributed by atoms with Crippen molar-refractivity contribution in [2.45, 2.75) is 45.6 Å². The Bertz CT molecular complexity index is 902. The highest BCUT2D eigenvalue weighted by atomic mass is 35.5. The fraction of sp³-hybridized carbons (Fsp3) is 0.370. The van der Waals surface area contributed by atoms with E-state index >= 15 is 0 Å². The van der Waals surface area contributed by atoms with Gasteiger partial charge in [0.2, 0.25) is 0 Å².